The van der Waals surface area contributed by atoms with Gasteiger partial charge in [0.2, 0.25) is 5.28 Å². The van der Waals surface area contributed by atoms with Gasteiger partial charge in [0.1, 0.15) is 11.0 Å². The molecule has 98 valence electrons. The fourth-order valence-electron chi connectivity index (χ4n) is 1.43. The van der Waals surface area contributed by atoms with E-state index in [1.807, 2.05) is 0 Å². The highest BCUT2D eigenvalue weighted by molar-refractivity contribution is 6.32. The summed E-state index contributed by atoms with van der Waals surface area (Å²) >= 11 is 11.4. The van der Waals surface area contributed by atoms with Crippen molar-refractivity contribution in [3.05, 3.63) is 51.9 Å². The van der Waals surface area contributed by atoms with Crippen molar-refractivity contribution in [3.63, 3.8) is 0 Å². The SMILES string of the molecule is NCc1ccc(C(=O)Nc2cc(Cl)nc(Cl)n2)cc1. The lowest BCUT2D eigenvalue weighted by Gasteiger charge is -2.05. The smallest absolute Gasteiger partial charge is 0.256 e. The number of nitrogens with two attached hydrogens (primary N) is 1. The van der Waals surface area contributed by atoms with Crippen LogP contribution in [0.2, 0.25) is 10.4 Å². The predicted molar refractivity (Wildman–Crippen MR) is 74.3 cm³/mol. The summed E-state index contributed by atoms with van der Waals surface area (Å²) in [7, 11) is 0. The van der Waals surface area contributed by atoms with E-state index in [0.29, 0.717) is 12.1 Å². The topological polar surface area (TPSA) is 80.9 Å². The molecule has 0 atom stereocenters. The summed E-state index contributed by atoms with van der Waals surface area (Å²) in [6, 6.07) is 8.35. The van der Waals surface area contributed by atoms with Crippen LogP contribution < -0.4 is 11.1 Å². The maximum absolute atomic E-state index is 11.9. The molecule has 1 aromatic heterocycles. The van der Waals surface area contributed by atoms with E-state index in [4.69, 9.17) is 28.9 Å². The third-order valence-corrected chi connectivity index (χ3v) is 2.72. The minimum atomic E-state index is -0.311. The number of anilines is 1. The number of nitrogens with zero attached hydrogens (tertiary/aromatic N) is 2. The number of hydrogen-bond acceptors (Lipinski definition) is 4. The Bertz CT molecular complexity index is 581. The van der Waals surface area contributed by atoms with E-state index < -0.39 is 0 Å². The fraction of sp³-hybridized carbons (Fsp3) is 0.0833. The van der Waals surface area contributed by atoms with Gasteiger partial charge in [-0.3, -0.25) is 4.79 Å². The Morgan fingerprint density at radius 1 is 1.21 bits per heavy atom. The van der Waals surface area contributed by atoms with Gasteiger partial charge >= 0.3 is 0 Å². The van der Waals surface area contributed by atoms with E-state index in [-0.39, 0.29) is 22.2 Å². The number of halogens is 2. The minimum absolute atomic E-state index is 0.0266. The number of carbonyl (C=O) groups excluding carboxylic acids is 1. The second-order valence-corrected chi connectivity index (χ2v) is 4.43. The number of amides is 1. The first-order chi connectivity index (χ1) is 9.08. The zero-order valence-electron chi connectivity index (χ0n) is 9.73. The van der Waals surface area contributed by atoms with Gasteiger partial charge in [-0.05, 0) is 29.3 Å². The molecule has 0 unspecified atom stereocenters. The van der Waals surface area contributed by atoms with E-state index in [1.165, 1.54) is 6.07 Å². The summed E-state index contributed by atoms with van der Waals surface area (Å²) in [6.45, 7) is 0.430. The molecule has 0 saturated carbocycles. The van der Waals surface area contributed by atoms with Crippen molar-refractivity contribution in [1.82, 2.24) is 9.97 Å². The summed E-state index contributed by atoms with van der Waals surface area (Å²) in [5.74, 6) is -0.0627. The molecular formula is C12H10Cl2N4O. The highest BCUT2D eigenvalue weighted by Crippen LogP contribution is 2.15. The summed E-state index contributed by atoms with van der Waals surface area (Å²) in [5, 5.41) is 2.72. The van der Waals surface area contributed by atoms with E-state index in [1.54, 1.807) is 24.3 Å². The van der Waals surface area contributed by atoms with Gasteiger partial charge in [0.05, 0.1) is 0 Å². The normalized spacial score (nSPS) is 10.3. The lowest BCUT2D eigenvalue weighted by Crippen LogP contribution is -2.13. The molecule has 5 nitrogen and oxygen atoms in total. The first-order valence-electron chi connectivity index (χ1n) is 5.39. The van der Waals surface area contributed by atoms with Crippen molar-refractivity contribution < 1.29 is 4.79 Å². The van der Waals surface area contributed by atoms with Gasteiger partial charge in [-0.15, -0.1) is 0 Å². The van der Waals surface area contributed by atoms with E-state index >= 15 is 0 Å². The van der Waals surface area contributed by atoms with Gasteiger partial charge in [0.15, 0.2) is 0 Å². The zero-order chi connectivity index (χ0) is 13.8. The fourth-order valence-corrected chi connectivity index (χ4v) is 1.84. The second-order valence-electron chi connectivity index (χ2n) is 3.70. The molecule has 2 aromatic rings. The lowest BCUT2D eigenvalue weighted by molar-refractivity contribution is 0.102. The monoisotopic (exact) mass is 296 g/mol. The van der Waals surface area contributed by atoms with Crippen molar-refractivity contribution >= 4 is 34.9 Å². The number of hydrogen-bond donors (Lipinski definition) is 2. The molecule has 1 aromatic carbocycles. The van der Waals surface area contributed by atoms with Gasteiger partial charge < -0.3 is 11.1 Å². The molecule has 2 rings (SSSR count). The van der Waals surface area contributed by atoms with Crippen LogP contribution in [0.15, 0.2) is 30.3 Å². The molecule has 0 spiro atoms. The maximum atomic E-state index is 11.9. The van der Waals surface area contributed by atoms with Gasteiger partial charge in [-0.2, -0.15) is 0 Å². The Balaban J connectivity index is 2.15. The van der Waals surface area contributed by atoms with Crippen molar-refractivity contribution in [2.75, 3.05) is 5.32 Å². The van der Waals surface area contributed by atoms with Crippen molar-refractivity contribution in [1.29, 1.82) is 0 Å². The van der Waals surface area contributed by atoms with Crippen molar-refractivity contribution in [2.24, 2.45) is 5.73 Å². The average molecular weight is 297 g/mol. The van der Waals surface area contributed by atoms with Gasteiger partial charge in [-0.1, -0.05) is 23.7 Å². The molecule has 0 saturated heterocycles. The Labute approximate surface area is 119 Å². The Kier molecular flexibility index (Phi) is 4.31. The summed E-state index contributed by atoms with van der Waals surface area (Å²) in [4.78, 5) is 19.5. The predicted octanol–water partition coefficient (Wildman–Crippen LogP) is 2.49. The van der Waals surface area contributed by atoms with Crippen LogP contribution >= 0.6 is 23.2 Å². The standard InChI is InChI=1S/C12H10Cl2N4O/c13-9-5-10(18-12(14)16-9)17-11(19)8-3-1-7(6-15)2-4-8/h1-5H,6,15H2,(H,16,17,18,19). The molecule has 3 N–H and O–H groups in total. The lowest BCUT2D eigenvalue weighted by atomic mass is 10.1. The van der Waals surface area contributed by atoms with Crippen LogP contribution in [-0.4, -0.2) is 15.9 Å². The molecule has 19 heavy (non-hydrogen) atoms. The van der Waals surface area contributed by atoms with Gasteiger partial charge in [-0.25, -0.2) is 9.97 Å². The second kappa shape index (κ2) is 5.97. The molecule has 0 aliphatic rings. The number of aromatic nitrogens is 2. The Morgan fingerprint density at radius 3 is 2.47 bits per heavy atom. The molecule has 1 amide bonds. The Morgan fingerprint density at radius 2 is 1.89 bits per heavy atom. The first-order valence-corrected chi connectivity index (χ1v) is 6.14. The third-order valence-electron chi connectivity index (χ3n) is 2.36. The first kappa shape index (κ1) is 13.7. The van der Waals surface area contributed by atoms with Crippen molar-refractivity contribution in [3.8, 4) is 0 Å². The van der Waals surface area contributed by atoms with Crippen LogP contribution in [0.25, 0.3) is 0 Å². The highest BCUT2D eigenvalue weighted by atomic mass is 35.5. The molecule has 0 fully saturated rings. The molecule has 0 bridgehead atoms. The number of rotatable bonds is 3. The molecular weight excluding hydrogens is 287 g/mol. The number of nitrogens with one attached hydrogen (secondary N) is 1. The number of benzene rings is 1. The largest absolute Gasteiger partial charge is 0.326 e. The molecule has 0 aliphatic carbocycles. The van der Waals surface area contributed by atoms with E-state index in [2.05, 4.69) is 15.3 Å². The minimum Gasteiger partial charge on any atom is -0.326 e. The van der Waals surface area contributed by atoms with Crippen LogP contribution in [0.5, 0.6) is 0 Å². The van der Waals surface area contributed by atoms with Crippen LogP contribution in [0.1, 0.15) is 15.9 Å². The summed E-state index contributed by atoms with van der Waals surface area (Å²) in [5.41, 5.74) is 6.92. The molecule has 1 heterocycles. The third kappa shape index (κ3) is 3.64. The highest BCUT2D eigenvalue weighted by Gasteiger charge is 2.08. The van der Waals surface area contributed by atoms with Crippen LogP contribution in [0.3, 0.4) is 0 Å². The summed E-state index contributed by atoms with van der Waals surface area (Å²) in [6.07, 6.45) is 0. The molecule has 0 radical (unpaired) electrons. The van der Waals surface area contributed by atoms with Crippen LogP contribution in [-0.2, 0) is 6.54 Å². The molecule has 0 aliphatic heterocycles. The van der Waals surface area contributed by atoms with Gasteiger partial charge in [0.25, 0.3) is 5.91 Å². The van der Waals surface area contributed by atoms with Crippen LogP contribution in [0.4, 0.5) is 5.82 Å². The molecule has 7 heteroatoms. The number of carbonyl (C=O) groups is 1. The Hall–Kier alpha value is -1.69. The van der Waals surface area contributed by atoms with Crippen LogP contribution in [0, 0.1) is 0 Å². The summed E-state index contributed by atoms with van der Waals surface area (Å²) < 4.78 is 0. The van der Waals surface area contributed by atoms with E-state index in [0.717, 1.165) is 5.56 Å². The average Bonchev–Trinajstić information content (AvgIpc) is 2.37. The van der Waals surface area contributed by atoms with E-state index in [9.17, 15) is 4.79 Å². The zero-order valence-corrected chi connectivity index (χ0v) is 11.2. The quantitative estimate of drug-likeness (QED) is 0.673. The van der Waals surface area contributed by atoms with Crippen molar-refractivity contribution in [2.45, 2.75) is 6.54 Å². The van der Waals surface area contributed by atoms with Gasteiger partial charge in [0, 0.05) is 18.2 Å². The maximum Gasteiger partial charge on any atom is 0.256 e.